The van der Waals surface area contributed by atoms with E-state index in [1.54, 1.807) is 12.2 Å². The highest BCUT2D eigenvalue weighted by Crippen LogP contribution is 2.30. The molecule has 0 saturated heterocycles. The lowest BCUT2D eigenvalue weighted by molar-refractivity contribution is -0.171. The zero-order valence-corrected chi connectivity index (χ0v) is 8.93. The van der Waals surface area contributed by atoms with Gasteiger partial charge in [-0.2, -0.15) is 0 Å². The van der Waals surface area contributed by atoms with Gasteiger partial charge in [0.05, 0.1) is 0 Å². The maximum atomic E-state index is 11.7. The number of esters is 1. The van der Waals surface area contributed by atoms with Gasteiger partial charge in [0.25, 0.3) is 0 Å². The third-order valence-electron chi connectivity index (χ3n) is 2.26. The second kappa shape index (κ2) is 4.70. The number of carbonyl (C=O) groups excluding carboxylic acids is 1. The average Bonchev–Trinajstić information content (AvgIpc) is 2.28. The first kappa shape index (κ1) is 12.1. The average molecular weight is 216 g/mol. The lowest BCUT2D eigenvalue weighted by atomic mass is 9.81. The Morgan fingerprint density at radius 1 is 1.69 bits per heavy atom. The van der Waals surface area contributed by atoms with Gasteiger partial charge in [0.1, 0.15) is 0 Å². The van der Waals surface area contributed by atoms with E-state index in [4.69, 9.17) is 22.7 Å². The molecule has 0 radical (unpaired) electrons. The van der Waals surface area contributed by atoms with Crippen LogP contribution in [0.15, 0.2) is 23.8 Å². The zero-order valence-electron chi connectivity index (χ0n) is 8.93. The Morgan fingerprint density at radius 3 is 2.75 bits per heavy atom. The summed E-state index contributed by atoms with van der Waals surface area (Å²) in [6.07, 6.45) is 14.5. The lowest BCUT2D eigenvalue weighted by Gasteiger charge is -2.24. The number of hydrogen-bond acceptors (Lipinski definition) is 3. The summed E-state index contributed by atoms with van der Waals surface area (Å²) >= 11 is 0. The summed E-state index contributed by atoms with van der Waals surface area (Å²) in [6.45, 7) is 1.34. The molecule has 2 unspecified atom stereocenters. The highest BCUT2D eigenvalue weighted by atomic mass is 16.6. The zero-order chi connectivity index (χ0) is 12.2. The Hall–Kier alpha value is -1.97. The summed E-state index contributed by atoms with van der Waals surface area (Å²) in [6, 6.07) is 0. The smallest absolute Gasteiger partial charge is 0.330 e. The van der Waals surface area contributed by atoms with Crippen molar-refractivity contribution in [2.75, 3.05) is 0 Å². The highest BCUT2D eigenvalue weighted by Gasteiger charge is 2.36. The third-order valence-corrected chi connectivity index (χ3v) is 2.26. The van der Waals surface area contributed by atoms with Crippen LogP contribution in [-0.4, -0.2) is 17.4 Å². The molecule has 3 heteroatoms. The van der Waals surface area contributed by atoms with Crippen molar-refractivity contribution >= 4 is 5.97 Å². The Balaban J connectivity index is 2.89. The number of hydrogen-bond donors (Lipinski definition) is 1. The van der Waals surface area contributed by atoms with Crippen molar-refractivity contribution in [3.05, 3.63) is 23.8 Å². The molecule has 0 heterocycles. The molecular formula is C13H12O3. The third kappa shape index (κ3) is 2.34. The molecule has 82 valence electrons. The normalized spacial score (nSPS) is 24.9. The molecule has 0 aliphatic heterocycles. The summed E-state index contributed by atoms with van der Waals surface area (Å²) in [5.41, 5.74) is -0.479. The minimum atomic E-state index is -1.18. The van der Waals surface area contributed by atoms with E-state index in [1.807, 2.05) is 0 Å². The molecule has 0 spiro atoms. The summed E-state index contributed by atoms with van der Waals surface area (Å²) in [5.74, 6) is 4.19. The largest absolute Gasteiger partial charge is 0.435 e. The Morgan fingerprint density at radius 2 is 2.38 bits per heavy atom. The Bertz CT molecular complexity index is 429. The van der Waals surface area contributed by atoms with Crippen molar-refractivity contribution in [1.29, 1.82) is 0 Å². The molecular weight excluding hydrogens is 204 g/mol. The van der Waals surface area contributed by atoms with Crippen molar-refractivity contribution < 1.29 is 14.6 Å². The predicted octanol–water partition coefficient (Wildman–Crippen LogP) is 1.01. The molecule has 0 aromatic carbocycles. The molecule has 0 amide bonds. The van der Waals surface area contributed by atoms with Gasteiger partial charge in [0.2, 0.25) is 0 Å². The minimum Gasteiger partial charge on any atom is -0.435 e. The molecule has 0 bridgehead atoms. The van der Waals surface area contributed by atoms with Gasteiger partial charge >= 0.3 is 5.97 Å². The number of ether oxygens (including phenoxy) is 1. The summed E-state index contributed by atoms with van der Waals surface area (Å²) in [4.78, 5) is 11.7. The van der Waals surface area contributed by atoms with E-state index in [-0.39, 0.29) is 6.42 Å². The first-order valence-electron chi connectivity index (χ1n) is 4.77. The number of rotatable bonds is 2. The maximum Gasteiger partial charge on any atom is 0.330 e. The maximum absolute atomic E-state index is 11.7. The molecule has 16 heavy (non-hydrogen) atoms. The van der Waals surface area contributed by atoms with Crippen molar-refractivity contribution in [2.24, 2.45) is 5.41 Å². The molecule has 3 nitrogen and oxygen atoms in total. The van der Waals surface area contributed by atoms with Gasteiger partial charge in [0.15, 0.2) is 11.7 Å². The van der Waals surface area contributed by atoms with Crippen LogP contribution in [0.1, 0.15) is 13.3 Å². The molecule has 1 aliphatic rings. The molecule has 0 saturated carbocycles. The van der Waals surface area contributed by atoms with E-state index in [9.17, 15) is 4.79 Å². The predicted molar refractivity (Wildman–Crippen MR) is 59.7 cm³/mol. The second-order valence-corrected chi connectivity index (χ2v) is 3.46. The van der Waals surface area contributed by atoms with E-state index in [0.717, 1.165) is 0 Å². The van der Waals surface area contributed by atoms with Crippen LogP contribution in [0.5, 0.6) is 0 Å². The highest BCUT2D eigenvalue weighted by molar-refractivity contribution is 5.84. The Labute approximate surface area is 94.8 Å². The molecule has 1 N–H and O–H groups in total. The Kier molecular flexibility index (Phi) is 3.55. The summed E-state index contributed by atoms with van der Waals surface area (Å²) in [5, 5.41) is 8.98. The standard InChI is InChI=1S/C13H12O3/c1-4-11-6-8-13(5-2,9-7-11)12(15)16-10(3)14/h1-2,6-8,10,14H,9H2,3H3. The SMILES string of the molecule is C#CC1=CCC(C#C)(C(=O)OC(C)O)C=C1. The van der Waals surface area contributed by atoms with E-state index in [0.29, 0.717) is 5.57 Å². The first-order chi connectivity index (χ1) is 7.54. The molecule has 1 aliphatic carbocycles. The molecule has 0 aromatic heterocycles. The van der Waals surface area contributed by atoms with Crippen LogP contribution in [0.25, 0.3) is 0 Å². The fourth-order valence-corrected chi connectivity index (χ4v) is 1.32. The number of carbonyl (C=O) groups is 1. The molecule has 0 fully saturated rings. The fourth-order valence-electron chi connectivity index (χ4n) is 1.32. The van der Waals surface area contributed by atoms with Gasteiger partial charge < -0.3 is 9.84 Å². The van der Waals surface area contributed by atoms with Gasteiger partial charge in [-0.05, 0) is 19.4 Å². The monoisotopic (exact) mass is 216 g/mol. The van der Waals surface area contributed by atoms with Gasteiger partial charge in [-0.15, -0.1) is 12.8 Å². The van der Waals surface area contributed by atoms with Crippen LogP contribution in [0.2, 0.25) is 0 Å². The van der Waals surface area contributed by atoms with Crippen LogP contribution in [-0.2, 0) is 9.53 Å². The van der Waals surface area contributed by atoms with Crippen LogP contribution in [0.4, 0.5) is 0 Å². The second-order valence-electron chi connectivity index (χ2n) is 3.46. The number of aliphatic hydroxyl groups is 1. The number of aliphatic hydroxyl groups excluding tert-OH is 1. The van der Waals surface area contributed by atoms with Gasteiger partial charge in [-0.3, -0.25) is 0 Å². The summed E-state index contributed by atoms with van der Waals surface area (Å²) < 4.78 is 4.69. The van der Waals surface area contributed by atoms with Crippen molar-refractivity contribution in [2.45, 2.75) is 19.6 Å². The van der Waals surface area contributed by atoms with Gasteiger partial charge in [-0.1, -0.05) is 24.0 Å². The van der Waals surface area contributed by atoms with Gasteiger partial charge in [0, 0.05) is 5.57 Å². The van der Waals surface area contributed by atoms with Crippen LogP contribution in [0, 0.1) is 30.1 Å². The van der Waals surface area contributed by atoms with Gasteiger partial charge in [-0.25, -0.2) is 4.79 Å². The molecule has 2 atom stereocenters. The molecule has 0 aromatic rings. The summed E-state index contributed by atoms with van der Waals surface area (Å²) in [7, 11) is 0. The fraction of sp³-hybridized carbons (Fsp3) is 0.308. The van der Waals surface area contributed by atoms with Crippen molar-refractivity contribution in [3.63, 3.8) is 0 Å². The van der Waals surface area contributed by atoms with E-state index in [2.05, 4.69) is 11.8 Å². The topological polar surface area (TPSA) is 46.5 Å². The quantitative estimate of drug-likeness (QED) is 0.425. The number of terminal acetylenes is 2. The number of allylic oxidation sites excluding steroid dienone is 3. The minimum absolute atomic E-state index is 0.283. The van der Waals surface area contributed by atoms with E-state index < -0.39 is 17.7 Å². The lowest BCUT2D eigenvalue weighted by Crippen LogP contribution is -2.32. The van der Waals surface area contributed by atoms with Crippen molar-refractivity contribution in [1.82, 2.24) is 0 Å². The van der Waals surface area contributed by atoms with Crippen LogP contribution >= 0.6 is 0 Å². The van der Waals surface area contributed by atoms with Crippen LogP contribution in [0.3, 0.4) is 0 Å². The first-order valence-corrected chi connectivity index (χ1v) is 4.77. The van der Waals surface area contributed by atoms with Crippen molar-refractivity contribution in [3.8, 4) is 24.7 Å². The molecule has 1 rings (SSSR count). The van der Waals surface area contributed by atoms with Crippen LogP contribution < -0.4 is 0 Å². The van der Waals surface area contributed by atoms with E-state index >= 15 is 0 Å². The van der Waals surface area contributed by atoms with E-state index in [1.165, 1.54) is 13.0 Å².